The van der Waals surface area contributed by atoms with Crippen LogP contribution in [0.25, 0.3) is 0 Å². The highest BCUT2D eigenvalue weighted by atomic mass is 19.1. The largest absolute Gasteiger partial charge is 0.488 e. The molecule has 0 radical (unpaired) electrons. The summed E-state index contributed by atoms with van der Waals surface area (Å²) >= 11 is 0. The minimum absolute atomic E-state index is 0.128. The van der Waals surface area contributed by atoms with Crippen molar-refractivity contribution in [1.29, 1.82) is 0 Å². The van der Waals surface area contributed by atoms with E-state index in [0.29, 0.717) is 18.5 Å². The molecular weight excluding hydrogens is 437 g/mol. The van der Waals surface area contributed by atoms with Crippen LogP contribution in [0.1, 0.15) is 60.6 Å². The second-order valence-electron chi connectivity index (χ2n) is 10.3. The molecule has 1 fully saturated rings. The standard InChI is InChI=1S/C27H34FNO5/c1-14-6-8-17(10-20(14)28)11-27(4,5)29-12-18(30)13-33-16(3)19-9-7-15(2)24-21(19)22-23(26(31)32)25(22)34-24/h6-10,16,18,22-23,25,29-30H,11-13H2,1-5H3,(H,31,32)/t16-,18?,22+,23+,25+/m1/s1. The molecule has 7 heteroatoms. The summed E-state index contributed by atoms with van der Waals surface area (Å²) in [6.07, 6.45) is -0.716. The molecule has 184 valence electrons. The number of carboxylic acid groups (broad SMARTS) is 1. The van der Waals surface area contributed by atoms with Crippen molar-refractivity contribution in [3.8, 4) is 5.75 Å². The van der Waals surface area contributed by atoms with Gasteiger partial charge in [-0.15, -0.1) is 0 Å². The molecule has 5 atom stereocenters. The first-order valence-corrected chi connectivity index (χ1v) is 11.8. The Morgan fingerprint density at radius 2 is 1.94 bits per heavy atom. The first-order valence-electron chi connectivity index (χ1n) is 11.8. The van der Waals surface area contributed by atoms with Gasteiger partial charge < -0.3 is 25.0 Å². The third-order valence-corrected chi connectivity index (χ3v) is 6.93. The van der Waals surface area contributed by atoms with Gasteiger partial charge in [-0.25, -0.2) is 4.39 Å². The molecule has 34 heavy (non-hydrogen) atoms. The lowest BCUT2D eigenvalue weighted by Crippen LogP contribution is -2.46. The fourth-order valence-electron chi connectivity index (χ4n) is 4.90. The van der Waals surface area contributed by atoms with Gasteiger partial charge in [-0.1, -0.05) is 24.3 Å². The van der Waals surface area contributed by atoms with Crippen LogP contribution < -0.4 is 10.1 Å². The SMILES string of the molecule is Cc1ccc(CC(C)(C)NCC(O)CO[C@H](C)c2ccc(C)c3c2[C@@H]2[C@H](O3)[C@H]2C(=O)O)cc1F. The smallest absolute Gasteiger partial charge is 0.311 e. The van der Waals surface area contributed by atoms with Crippen LogP contribution in [0, 0.1) is 25.6 Å². The monoisotopic (exact) mass is 471 g/mol. The molecule has 6 nitrogen and oxygen atoms in total. The van der Waals surface area contributed by atoms with Crippen LogP contribution in [-0.4, -0.2) is 47.1 Å². The molecule has 3 N–H and O–H groups in total. The average molecular weight is 472 g/mol. The third-order valence-electron chi connectivity index (χ3n) is 6.93. The Morgan fingerprint density at radius 3 is 2.62 bits per heavy atom. The number of halogens is 1. The van der Waals surface area contributed by atoms with Crippen molar-refractivity contribution < 1.29 is 28.9 Å². The van der Waals surface area contributed by atoms with Gasteiger partial charge in [0.15, 0.2) is 0 Å². The lowest BCUT2D eigenvalue weighted by molar-refractivity contribution is -0.139. The van der Waals surface area contributed by atoms with E-state index in [1.165, 1.54) is 0 Å². The van der Waals surface area contributed by atoms with Crippen LogP contribution in [0.3, 0.4) is 0 Å². The van der Waals surface area contributed by atoms with Crippen molar-refractivity contribution in [3.63, 3.8) is 0 Å². The molecule has 0 aromatic heterocycles. The van der Waals surface area contributed by atoms with E-state index in [1.807, 2.05) is 45.9 Å². The molecule has 1 aliphatic carbocycles. The van der Waals surface area contributed by atoms with Crippen LogP contribution in [0.15, 0.2) is 30.3 Å². The van der Waals surface area contributed by atoms with Gasteiger partial charge in [-0.05, 0) is 69.4 Å². The molecule has 2 aliphatic rings. The summed E-state index contributed by atoms with van der Waals surface area (Å²) in [5, 5.41) is 23.3. The van der Waals surface area contributed by atoms with E-state index in [-0.39, 0.29) is 36.1 Å². The second-order valence-corrected chi connectivity index (χ2v) is 10.3. The number of nitrogens with one attached hydrogen (secondary N) is 1. The van der Waals surface area contributed by atoms with Gasteiger partial charge in [0.1, 0.15) is 23.6 Å². The number of rotatable bonds is 10. The van der Waals surface area contributed by atoms with Crippen molar-refractivity contribution >= 4 is 5.97 Å². The topological polar surface area (TPSA) is 88.0 Å². The number of aliphatic carboxylic acids is 1. The number of carboxylic acids is 1. The quantitative estimate of drug-likeness (QED) is 0.485. The first kappa shape index (κ1) is 24.6. The normalized spacial score (nSPS) is 22.5. The van der Waals surface area contributed by atoms with Crippen LogP contribution >= 0.6 is 0 Å². The molecule has 1 aliphatic heterocycles. The fraction of sp³-hybridized carbons (Fsp3) is 0.519. The zero-order valence-corrected chi connectivity index (χ0v) is 20.4. The zero-order chi connectivity index (χ0) is 24.8. The van der Waals surface area contributed by atoms with Crippen molar-refractivity contribution in [3.05, 3.63) is 64.0 Å². The van der Waals surface area contributed by atoms with E-state index >= 15 is 0 Å². The molecule has 2 aromatic carbocycles. The summed E-state index contributed by atoms with van der Waals surface area (Å²) in [5.74, 6) is -0.904. The van der Waals surface area contributed by atoms with E-state index in [2.05, 4.69) is 5.32 Å². The van der Waals surface area contributed by atoms with E-state index in [1.54, 1.807) is 19.1 Å². The summed E-state index contributed by atoms with van der Waals surface area (Å²) < 4.78 is 25.8. The molecule has 0 saturated heterocycles. The highest BCUT2D eigenvalue weighted by Gasteiger charge is 2.64. The fourth-order valence-corrected chi connectivity index (χ4v) is 4.90. The summed E-state index contributed by atoms with van der Waals surface area (Å²) in [6.45, 7) is 10.1. The van der Waals surface area contributed by atoms with Gasteiger partial charge in [-0.2, -0.15) is 0 Å². The van der Waals surface area contributed by atoms with E-state index < -0.39 is 18.0 Å². The summed E-state index contributed by atoms with van der Waals surface area (Å²) in [4.78, 5) is 11.5. The van der Waals surface area contributed by atoms with Crippen LogP contribution in [0.5, 0.6) is 5.75 Å². The molecular formula is C27H34FNO5. The Labute approximate surface area is 200 Å². The summed E-state index contributed by atoms with van der Waals surface area (Å²) in [5.41, 5.74) is 4.02. The predicted octanol–water partition coefficient (Wildman–Crippen LogP) is 4.05. The minimum Gasteiger partial charge on any atom is -0.488 e. The first-order chi connectivity index (χ1) is 16.0. The van der Waals surface area contributed by atoms with Gasteiger partial charge >= 0.3 is 5.97 Å². The van der Waals surface area contributed by atoms with Gasteiger partial charge in [0.2, 0.25) is 0 Å². The Kier molecular flexibility index (Phi) is 6.73. The molecule has 1 unspecified atom stereocenters. The number of carbonyl (C=O) groups is 1. The molecule has 1 heterocycles. The predicted molar refractivity (Wildman–Crippen MR) is 127 cm³/mol. The molecule has 1 saturated carbocycles. The molecule has 2 aromatic rings. The van der Waals surface area contributed by atoms with Gasteiger partial charge in [-0.3, -0.25) is 4.79 Å². The average Bonchev–Trinajstić information content (AvgIpc) is 3.35. The lowest BCUT2D eigenvalue weighted by Gasteiger charge is -2.28. The Balaban J connectivity index is 1.32. The van der Waals surface area contributed by atoms with E-state index in [4.69, 9.17) is 9.47 Å². The number of aryl methyl sites for hydroxylation is 2. The van der Waals surface area contributed by atoms with Crippen molar-refractivity contribution in [2.75, 3.05) is 13.2 Å². The minimum atomic E-state index is -0.834. The van der Waals surface area contributed by atoms with Gasteiger partial charge in [0.05, 0.1) is 18.8 Å². The maximum absolute atomic E-state index is 13.9. The summed E-state index contributed by atoms with van der Waals surface area (Å²) in [6, 6.07) is 9.19. The number of ether oxygens (including phenoxy) is 2. The van der Waals surface area contributed by atoms with Crippen LogP contribution in [-0.2, 0) is 16.0 Å². The molecule has 0 spiro atoms. The Hall–Kier alpha value is -2.48. The van der Waals surface area contributed by atoms with Crippen molar-refractivity contribution in [2.24, 2.45) is 5.92 Å². The van der Waals surface area contributed by atoms with Gasteiger partial charge in [0, 0.05) is 23.6 Å². The summed E-state index contributed by atoms with van der Waals surface area (Å²) in [7, 11) is 0. The van der Waals surface area contributed by atoms with E-state index in [9.17, 15) is 19.4 Å². The van der Waals surface area contributed by atoms with Crippen molar-refractivity contribution in [1.82, 2.24) is 5.32 Å². The maximum atomic E-state index is 13.9. The number of hydrogen-bond donors (Lipinski definition) is 3. The highest BCUT2D eigenvalue weighted by Crippen LogP contribution is 2.61. The Bertz CT molecular complexity index is 1080. The number of β-amino-alcohol motifs (C(OH)–C–C–N with tert-alkyl or cyclic N) is 1. The third kappa shape index (κ3) is 4.97. The lowest BCUT2D eigenvalue weighted by atomic mass is 9.94. The maximum Gasteiger partial charge on any atom is 0.311 e. The molecule has 0 amide bonds. The van der Waals surface area contributed by atoms with Crippen LogP contribution in [0.4, 0.5) is 4.39 Å². The Morgan fingerprint density at radius 1 is 1.24 bits per heavy atom. The zero-order valence-electron chi connectivity index (χ0n) is 20.4. The van der Waals surface area contributed by atoms with Crippen molar-refractivity contribution in [2.45, 2.75) is 70.8 Å². The molecule has 0 bridgehead atoms. The number of aliphatic hydroxyl groups is 1. The molecule has 4 rings (SSSR count). The van der Waals surface area contributed by atoms with Crippen LogP contribution in [0.2, 0.25) is 0 Å². The highest BCUT2D eigenvalue weighted by molar-refractivity contribution is 5.79. The van der Waals surface area contributed by atoms with E-state index in [0.717, 1.165) is 28.0 Å². The number of hydrogen-bond acceptors (Lipinski definition) is 5. The second kappa shape index (κ2) is 9.29. The number of benzene rings is 2. The number of fused-ring (bicyclic) bond motifs is 3. The van der Waals surface area contributed by atoms with Gasteiger partial charge in [0.25, 0.3) is 0 Å². The number of aliphatic hydroxyl groups excluding tert-OH is 1.